The molecule has 1 unspecified atom stereocenters. The van der Waals surface area contributed by atoms with E-state index < -0.39 is 0 Å². The second-order valence-corrected chi connectivity index (χ2v) is 6.23. The van der Waals surface area contributed by atoms with Crippen molar-refractivity contribution in [3.05, 3.63) is 47.2 Å². The molecule has 2 heterocycles. The van der Waals surface area contributed by atoms with Gasteiger partial charge in [0.1, 0.15) is 0 Å². The van der Waals surface area contributed by atoms with Gasteiger partial charge in [0.25, 0.3) is 5.91 Å². The molecule has 1 aromatic rings. The van der Waals surface area contributed by atoms with Crippen LogP contribution >= 0.6 is 0 Å². The van der Waals surface area contributed by atoms with Crippen molar-refractivity contribution in [2.75, 3.05) is 6.54 Å². The number of nitrogens with one attached hydrogen (secondary N) is 3. The molecule has 110 valence electrons. The monoisotopic (exact) mass is 283 g/mol. The van der Waals surface area contributed by atoms with Crippen LogP contribution in [-0.4, -0.2) is 24.5 Å². The lowest BCUT2D eigenvalue weighted by molar-refractivity contribution is -0.117. The Balaban J connectivity index is 1.75. The van der Waals surface area contributed by atoms with Crippen molar-refractivity contribution in [2.24, 2.45) is 0 Å². The molecule has 4 nitrogen and oxygen atoms in total. The second-order valence-electron chi connectivity index (χ2n) is 6.23. The van der Waals surface area contributed by atoms with Gasteiger partial charge in [-0.25, -0.2) is 0 Å². The van der Waals surface area contributed by atoms with Crippen LogP contribution in [-0.2, 0) is 4.79 Å². The SMILES string of the molecule is O=C1NCC2=C1[C@@H](c1ccccc1)N[C@@H]1CCCCC1N2. The zero-order chi connectivity index (χ0) is 14.2. The molecule has 0 bridgehead atoms. The van der Waals surface area contributed by atoms with E-state index in [2.05, 4.69) is 28.1 Å². The average Bonchev–Trinajstić information content (AvgIpc) is 2.80. The number of hydrogen-bond donors (Lipinski definition) is 3. The predicted octanol–water partition coefficient (Wildman–Crippen LogP) is 1.62. The zero-order valence-corrected chi connectivity index (χ0v) is 12.1. The Bertz CT molecular complexity index is 581. The number of carbonyl (C=O) groups excluding carboxylic acids is 1. The largest absolute Gasteiger partial charge is 0.382 e. The Morgan fingerprint density at radius 3 is 2.57 bits per heavy atom. The van der Waals surface area contributed by atoms with Gasteiger partial charge in [-0.2, -0.15) is 0 Å². The van der Waals surface area contributed by atoms with Crippen LogP contribution < -0.4 is 16.0 Å². The van der Waals surface area contributed by atoms with Crippen molar-refractivity contribution in [3.63, 3.8) is 0 Å². The minimum atomic E-state index is 0.00398. The molecular weight excluding hydrogens is 262 g/mol. The summed E-state index contributed by atoms with van der Waals surface area (Å²) in [6, 6.07) is 11.2. The molecule has 0 aromatic heterocycles. The number of hydrogen-bond acceptors (Lipinski definition) is 3. The fourth-order valence-electron chi connectivity index (χ4n) is 3.86. The molecule has 1 saturated carbocycles. The molecule has 1 fully saturated rings. The van der Waals surface area contributed by atoms with E-state index in [1.165, 1.54) is 31.2 Å². The number of benzene rings is 1. The van der Waals surface area contributed by atoms with E-state index in [1.54, 1.807) is 0 Å². The normalized spacial score (nSPS) is 31.8. The highest BCUT2D eigenvalue weighted by molar-refractivity contribution is 5.98. The zero-order valence-electron chi connectivity index (χ0n) is 12.1. The van der Waals surface area contributed by atoms with Crippen LogP contribution in [0, 0.1) is 0 Å². The molecule has 1 amide bonds. The van der Waals surface area contributed by atoms with E-state index in [4.69, 9.17) is 0 Å². The third-order valence-corrected chi connectivity index (χ3v) is 4.92. The van der Waals surface area contributed by atoms with Gasteiger partial charge < -0.3 is 16.0 Å². The van der Waals surface area contributed by atoms with Crippen molar-refractivity contribution in [2.45, 2.75) is 43.8 Å². The molecule has 1 aliphatic carbocycles. The molecule has 3 aliphatic rings. The molecule has 0 radical (unpaired) electrons. The molecule has 4 heteroatoms. The van der Waals surface area contributed by atoms with Crippen molar-refractivity contribution in [3.8, 4) is 0 Å². The third-order valence-electron chi connectivity index (χ3n) is 4.92. The maximum Gasteiger partial charge on any atom is 0.251 e. The van der Waals surface area contributed by atoms with Gasteiger partial charge in [0.2, 0.25) is 0 Å². The van der Waals surface area contributed by atoms with Crippen molar-refractivity contribution in [1.29, 1.82) is 0 Å². The van der Waals surface area contributed by atoms with Gasteiger partial charge in [0.05, 0.1) is 18.2 Å². The predicted molar refractivity (Wildman–Crippen MR) is 81.5 cm³/mol. The molecule has 4 rings (SSSR count). The van der Waals surface area contributed by atoms with Crippen LogP contribution in [0.1, 0.15) is 37.3 Å². The molecule has 0 spiro atoms. The average molecular weight is 283 g/mol. The molecule has 2 aliphatic heterocycles. The van der Waals surface area contributed by atoms with E-state index in [0.717, 1.165) is 11.3 Å². The van der Waals surface area contributed by atoms with Gasteiger partial charge in [-0.3, -0.25) is 4.79 Å². The molecular formula is C17H21N3O. The van der Waals surface area contributed by atoms with E-state index in [-0.39, 0.29) is 11.9 Å². The van der Waals surface area contributed by atoms with Crippen LogP contribution in [0.4, 0.5) is 0 Å². The molecule has 21 heavy (non-hydrogen) atoms. The summed E-state index contributed by atoms with van der Waals surface area (Å²) in [4.78, 5) is 12.3. The summed E-state index contributed by atoms with van der Waals surface area (Å²) in [5.41, 5.74) is 3.15. The Kier molecular flexibility index (Phi) is 3.19. The fraction of sp³-hybridized carbons (Fsp3) is 0.471. The van der Waals surface area contributed by atoms with Crippen molar-refractivity contribution >= 4 is 5.91 Å². The summed E-state index contributed by atoms with van der Waals surface area (Å²) >= 11 is 0. The van der Waals surface area contributed by atoms with Gasteiger partial charge in [-0.1, -0.05) is 43.2 Å². The van der Waals surface area contributed by atoms with E-state index in [0.29, 0.717) is 18.6 Å². The smallest absolute Gasteiger partial charge is 0.251 e. The first-order chi connectivity index (χ1) is 10.3. The third kappa shape index (κ3) is 2.23. The van der Waals surface area contributed by atoms with Crippen molar-refractivity contribution in [1.82, 2.24) is 16.0 Å². The molecule has 1 aromatic carbocycles. The fourth-order valence-corrected chi connectivity index (χ4v) is 3.86. The minimum Gasteiger partial charge on any atom is -0.382 e. The van der Waals surface area contributed by atoms with Crippen LogP contribution in [0.5, 0.6) is 0 Å². The van der Waals surface area contributed by atoms with Crippen LogP contribution in [0.25, 0.3) is 0 Å². The van der Waals surface area contributed by atoms with Gasteiger partial charge in [0.15, 0.2) is 0 Å². The van der Waals surface area contributed by atoms with Crippen LogP contribution in [0.15, 0.2) is 41.6 Å². The summed E-state index contributed by atoms with van der Waals surface area (Å²) in [5.74, 6) is 0.0671. The lowest BCUT2D eigenvalue weighted by Gasteiger charge is -2.33. The second kappa shape index (κ2) is 5.19. The Morgan fingerprint density at radius 2 is 1.76 bits per heavy atom. The highest BCUT2D eigenvalue weighted by Crippen LogP contribution is 2.33. The summed E-state index contributed by atoms with van der Waals surface area (Å²) in [5, 5.41) is 10.4. The summed E-state index contributed by atoms with van der Waals surface area (Å²) in [6.45, 7) is 0.641. The van der Waals surface area contributed by atoms with E-state index in [9.17, 15) is 4.79 Å². The van der Waals surface area contributed by atoms with Gasteiger partial charge >= 0.3 is 0 Å². The van der Waals surface area contributed by atoms with Crippen LogP contribution in [0.3, 0.4) is 0 Å². The summed E-state index contributed by atoms with van der Waals surface area (Å²) < 4.78 is 0. The standard InChI is InChI=1S/C17H21N3O/c21-17-15-14(10-18-17)19-12-8-4-5-9-13(12)20-16(15)11-6-2-1-3-7-11/h1-3,6-7,12-13,16,19-20H,4-5,8-10H2,(H,18,21)/t12?,13-,16-/m1/s1. The summed E-state index contributed by atoms with van der Waals surface area (Å²) in [6.07, 6.45) is 4.91. The van der Waals surface area contributed by atoms with Crippen molar-refractivity contribution < 1.29 is 4.79 Å². The Labute approximate surface area is 125 Å². The topological polar surface area (TPSA) is 53.2 Å². The number of carbonyl (C=O) groups is 1. The quantitative estimate of drug-likeness (QED) is 0.734. The van der Waals surface area contributed by atoms with Gasteiger partial charge in [0, 0.05) is 17.8 Å². The summed E-state index contributed by atoms with van der Waals surface area (Å²) in [7, 11) is 0. The van der Waals surface area contributed by atoms with Crippen LogP contribution in [0.2, 0.25) is 0 Å². The highest BCUT2D eigenvalue weighted by Gasteiger charge is 2.38. The van der Waals surface area contributed by atoms with E-state index >= 15 is 0 Å². The lowest BCUT2D eigenvalue weighted by Crippen LogP contribution is -2.49. The first-order valence-electron chi connectivity index (χ1n) is 7.92. The molecule has 0 saturated heterocycles. The maximum atomic E-state index is 12.3. The molecule has 3 atom stereocenters. The van der Waals surface area contributed by atoms with Gasteiger partial charge in [-0.05, 0) is 18.4 Å². The number of amides is 1. The Hall–Kier alpha value is -1.81. The highest BCUT2D eigenvalue weighted by atomic mass is 16.2. The minimum absolute atomic E-state index is 0.00398. The number of rotatable bonds is 1. The van der Waals surface area contributed by atoms with E-state index in [1.807, 2.05) is 18.2 Å². The first-order valence-corrected chi connectivity index (χ1v) is 7.92. The van der Waals surface area contributed by atoms with Gasteiger partial charge in [-0.15, -0.1) is 0 Å². The molecule has 3 N–H and O–H groups in total. The Morgan fingerprint density at radius 1 is 1.00 bits per heavy atom. The maximum absolute atomic E-state index is 12.3. The first kappa shape index (κ1) is 12.9. The lowest BCUT2D eigenvalue weighted by atomic mass is 9.89. The number of fused-ring (bicyclic) bond motifs is 1.